The van der Waals surface area contributed by atoms with Crippen molar-refractivity contribution in [3.8, 4) is 0 Å². The van der Waals surface area contributed by atoms with E-state index in [4.69, 9.17) is 0 Å². The molecule has 2 nitrogen and oxygen atoms in total. The summed E-state index contributed by atoms with van der Waals surface area (Å²) >= 11 is 0. The van der Waals surface area contributed by atoms with Crippen molar-refractivity contribution < 1.29 is 0 Å². The maximum Gasteiger partial charge on any atom is 0.0482 e. The van der Waals surface area contributed by atoms with E-state index in [-0.39, 0.29) is 0 Å². The van der Waals surface area contributed by atoms with E-state index in [0.29, 0.717) is 6.04 Å². The Morgan fingerprint density at radius 2 is 1.17 bits per heavy atom. The lowest BCUT2D eigenvalue weighted by atomic mass is 10.0. The van der Waals surface area contributed by atoms with Gasteiger partial charge < -0.3 is 9.80 Å². The van der Waals surface area contributed by atoms with E-state index in [2.05, 4.69) is 55.0 Å². The van der Waals surface area contributed by atoms with Gasteiger partial charge in [0.15, 0.2) is 0 Å². The summed E-state index contributed by atoms with van der Waals surface area (Å²) in [6.45, 7) is 11.6. The van der Waals surface area contributed by atoms with E-state index < -0.39 is 0 Å². The highest BCUT2D eigenvalue weighted by Gasteiger charge is 2.15. The Morgan fingerprint density at radius 3 is 1.69 bits per heavy atom. The number of allylic oxidation sites excluding steroid dienone is 2. The van der Waals surface area contributed by atoms with Crippen molar-refractivity contribution >= 4 is 0 Å². The minimum Gasteiger partial charge on any atom is -0.371 e. The molecule has 1 unspecified atom stereocenters. The van der Waals surface area contributed by atoms with Crippen molar-refractivity contribution in [2.75, 3.05) is 26.2 Å². The quantitative estimate of drug-likeness (QED) is 0.190. The molecular weight excluding hydrogens is 352 g/mol. The molecular formula is C27H52N2. The van der Waals surface area contributed by atoms with Crippen LogP contribution in [0.1, 0.15) is 117 Å². The first-order chi connectivity index (χ1) is 14.3. The smallest absolute Gasteiger partial charge is 0.0482 e. The highest BCUT2D eigenvalue weighted by Crippen LogP contribution is 2.16. The van der Waals surface area contributed by atoms with Gasteiger partial charge in [0.1, 0.15) is 0 Å². The topological polar surface area (TPSA) is 6.48 Å². The van der Waals surface area contributed by atoms with Crippen molar-refractivity contribution in [2.45, 2.75) is 123 Å². The van der Waals surface area contributed by atoms with Crippen LogP contribution < -0.4 is 0 Å². The molecule has 0 N–H and O–H groups in total. The second-order valence-electron chi connectivity index (χ2n) is 8.94. The minimum atomic E-state index is 0.600. The molecule has 0 aromatic rings. The molecule has 0 spiro atoms. The standard InChI is InChI=1S/C27H52N2/c1-4-7-8-9-10-11-12-13-14-15-16-17-18-20-24-29-25-21-19-22-27(29)23-26-28(5-2)6-3/h19,21-22,25,27H,4-18,20,23-24,26H2,1-3H3. The van der Waals surface area contributed by atoms with Crippen LogP contribution in [0.15, 0.2) is 24.4 Å². The van der Waals surface area contributed by atoms with Gasteiger partial charge in [-0.05, 0) is 38.2 Å². The zero-order chi connectivity index (χ0) is 21.0. The van der Waals surface area contributed by atoms with Gasteiger partial charge in [-0.25, -0.2) is 0 Å². The van der Waals surface area contributed by atoms with Crippen molar-refractivity contribution in [3.63, 3.8) is 0 Å². The number of unbranched alkanes of at least 4 members (excludes halogenated alkanes) is 13. The molecule has 0 aromatic carbocycles. The molecule has 1 heterocycles. The van der Waals surface area contributed by atoms with Crippen LogP contribution in [-0.2, 0) is 0 Å². The first-order valence-electron chi connectivity index (χ1n) is 13.1. The lowest BCUT2D eigenvalue weighted by Gasteiger charge is -2.32. The fourth-order valence-corrected chi connectivity index (χ4v) is 4.42. The van der Waals surface area contributed by atoms with E-state index in [0.717, 1.165) is 0 Å². The third-order valence-electron chi connectivity index (χ3n) is 6.55. The molecule has 1 aliphatic rings. The fraction of sp³-hybridized carbons (Fsp3) is 0.852. The highest BCUT2D eigenvalue weighted by molar-refractivity contribution is 5.13. The first kappa shape index (κ1) is 26.3. The molecule has 1 rings (SSSR count). The van der Waals surface area contributed by atoms with E-state index in [1.54, 1.807) is 0 Å². The third-order valence-corrected chi connectivity index (χ3v) is 6.55. The molecule has 0 aliphatic carbocycles. The molecule has 0 fully saturated rings. The largest absolute Gasteiger partial charge is 0.371 e. The van der Waals surface area contributed by atoms with Crippen LogP contribution in [0.5, 0.6) is 0 Å². The van der Waals surface area contributed by atoms with Gasteiger partial charge in [0, 0.05) is 19.1 Å². The molecule has 0 amide bonds. The monoisotopic (exact) mass is 404 g/mol. The third kappa shape index (κ3) is 14.0. The van der Waals surface area contributed by atoms with Gasteiger partial charge in [0.25, 0.3) is 0 Å². The van der Waals surface area contributed by atoms with Crippen LogP contribution in [0.4, 0.5) is 0 Å². The fourth-order valence-electron chi connectivity index (χ4n) is 4.42. The predicted molar refractivity (Wildman–Crippen MR) is 131 cm³/mol. The number of hydrogen-bond acceptors (Lipinski definition) is 2. The van der Waals surface area contributed by atoms with Crippen LogP contribution >= 0.6 is 0 Å². The summed E-state index contributed by atoms with van der Waals surface area (Å²) in [7, 11) is 0. The van der Waals surface area contributed by atoms with Gasteiger partial charge in [-0.3, -0.25) is 0 Å². The summed E-state index contributed by atoms with van der Waals surface area (Å²) in [6, 6.07) is 0.600. The molecule has 170 valence electrons. The molecule has 1 aliphatic heterocycles. The summed E-state index contributed by atoms with van der Waals surface area (Å²) in [6.07, 6.45) is 30.5. The van der Waals surface area contributed by atoms with E-state index in [1.165, 1.54) is 122 Å². The Balaban J connectivity index is 1.95. The Kier molecular flexibility index (Phi) is 17.4. The van der Waals surface area contributed by atoms with Crippen LogP contribution in [0.25, 0.3) is 0 Å². The number of hydrogen-bond donors (Lipinski definition) is 0. The van der Waals surface area contributed by atoms with Crippen molar-refractivity contribution in [2.24, 2.45) is 0 Å². The van der Waals surface area contributed by atoms with Gasteiger partial charge in [-0.1, -0.05) is 116 Å². The van der Waals surface area contributed by atoms with Crippen molar-refractivity contribution in [3.05, 3.63) is 24.4 Å². The van der Waals surface area contributed by atoms with Crippen LogP contribution in [0.2, 0.25) is 0 Å². The van der Waals surface area contributed by atoms with Gasteiger partial charge in [-0.15, -0.1) is 0 Å². The zero-order valence-corrected chi connectivity index (χ0v) is 20.2. The average Bonchev–Trinajstić information content (AvgIpc) is 2.75. The molecule has 0 saturated carbocycles. The summed E-state index contributed by atoms with van der Waals surface area (Å²) in [5.41, 5.74) is 0. The van der Waals surface area contributed by atoms with E-state index in [9.17, 15) is 0 Å². The Bertz CT molecular complexity index is 397. The summed E-state index contributed by atoms with van der Waals surface area (Å²) in [5, 5.41) is 0. The Hall–Kier alpha value is -0.760. The zero-order valence-electron chi connectivity index (χ0n) is 20.2. The maximum atomic E-state index is 2.57. The lowest BCUT2D eigenvalue weighted by Crippen LogP contribution is -2.35. The first-order valence-corrected chi connectivity index (χ1v) is 13.1. The molecule has 0 bridgehead atoms. The van der Waals surface area contributed by atoms with Crippen molar-refractivity contribution in [1.82, 2.24) is 9.80 Å². The molecule has 0 aromatic heterocycles. The lowest BCUT2D eigenvalue weighted by molar-refractivity contribution is 0.240. The van der Waals surface area contributed by atoms with Gasteiger partial charge in [-0.2, -0.15) is 0 Å². The summed E-state index contributed by atoms with van der Waals surface area (Å²) < 4.78 is 0. The van der Waals surface area contributed by atoms with Gasteiger partial charge in [0.05, 0.1) is 0 Å². The average molecular weight is 405 g/mol. The van der Waals surface area contributed by atoms with Crippen LogP contribution in [-0.4, -0.2) is 42.0 Å². The molecule has 0 saturated heterocycles. The van der Waals surface area contributed by atoms with Crippen molar-refractivity contribution in [1.29, 1.82) is 0 Å². The minimum absolute atomic E-state index is 0.600. The summed E-state index contributed by atoms with van der Waals surface area (Å²) in [5.74, 6) is 0. The van der Waals surface area contributed by atoms with Gasteiger partial charge in [0.2, 0.25) is 0 Å². The predicted octanol–water partition coefficient (Wildman–Crippen LogP) is 7.95. The van der Waals surface area contributed by atoms with Gasteiger partial charge >= 0.3 is 0 Å². The Morgan fingerprint density at radius 1 is 0.655 bits per heavy atom. The molecule has 1 atom stereocenters. The molecule has 0 radical (unpaired) electrons. The second-order valence-corrected chi connectivity index (χ2v) is 8.94. The van der Waals surface area contributed by atoms with Crippen LogP contribution in [0, 0.1) is 0 Å². The van der Waals surface area contributed by atoms with E-state index >= 15 is 0 Å². The summed E-state index contributed by atoms with van der Waals surface area (Å²) in [4.78, 5) is 5.11. The highest BCUT2D eigenvalue weighted by atomic mass is 15.2. The van der Waals surface area contributed by atoms with E-state index in [1.807, 2.05) is 0 Å². The maximum absolute atomic E-state index is 2.57. The second kappa shape index (κ2) is 19.2. The van der Waals surface area contributed by atoms with Crippen LogP contribution in [0.3, 0.4) is 0 Å². The molecule has 29 heavy (non-hydrogen) atoms. The SMILES string of the molecule is CCCCCCCCCCCCCCCCN1C=CC=CC1CCN(CC)CC. The Labute approximate surface area is 183 Å². The number of rotatable bonds is 20. The number of nitrogens with zero attached hydrogens (tertiary/aromatic N) is 2. The normalized spacial score (nSPS) is 16.3. The molecule has 2 heteroatoms.